The van der Waals surface area contributed by atoms with E-state index in [1.165, 1.54) is 4.57 Å². The van der Waals surface area contributed by atoms with Crippen LogP contribution < -0.4 is 15.6 Å². The molecule has 0 bridgehead atoms. The van der Waals surface area contributed by atoms with Crippen molar-refractivity contribution in [1.82, 2.24) is 10.1 Å². The summed E-state index contributed by atoms with van der Waals surface area (Å²) < 4.78 is 54.8. The average Bonchev–Trinajstić information content (AvgIpc) is 3.30. The molecule has 13 heteroatoms. The Morgan fingerprint density at radius 1 is 1.23 bits per heavy atom. The predicted molar refractivity (Wildman–Crippen MR) is 121 cm³/mol. The van der Waals surface area contributed by atoms with Crippen molar-refractivity contribution in [2.45, 2.75) is 13.2 Å². The van der Waals surface area contributed by atoms with E-state index in [9.17, 15) is 18.2 Å². The second kappa shape index (κ2) is 10.3. The summed E-state index contributed by atoms with van der Waals surface area (Å²) in [4.78, 5) is 13.6. The van der Waals surface area contributed by atoms with Gasteiger partial charge in [0.1, 0.15) is 23.0 Å². The Morgan fingerprint density at radius 2 is 2.06 bits per heavy atom. The number of hydrogen-bond donors (Lipinski definition) is 3. The fraction of sp³-hybridized carbons (Fsp3) is 0.136. The zero-order chi connectivity index (χ0) is 25.0. The largest absolute Gasteiger partial charge is 0.475 e. The fourth-order valence-corrected chi connectivity index (χ4v) is 3.51. The lowest BCUT2D eigenvalue weighted by molar-refractivity contribution is -0.711. The van der Waals surface area contributed by atoms with E-state index in [1.54, 1.807) is 42.7 Å². The van der Waals surface area contributed by atoms with Gasteiger partial charge in [-0.15, -0.1) is 0 Å². The number of phosphoric acid groups is 1. The molecule has 0 spiro atoms. The molecule has 0 radical (unpaired) electrons. The molecule has 0 saturated carbocycles. The maximum absolute atomic E-state index is 13.8. The van der Waals surface area contributed by atoms with Crippen molar-refractivity contribution >= 4 is 25.1 Å². The number of rotatable bonds is 9. The van der Waals surface area contributed by atoms with E-state index in [0.717, 1.165) is 30.9 Å². The first kappa shape index (κ1) is 24.4. The van der Waals surface area contributed by atoms with Gasteiger partial charge in [-0.2, -0.15) is 0 Å². The third-order valence-electron chi connectivity index (χ3n) is 4.93. The van der Waals surface area contributed by atoms with Crippen LogP contribution in [0.5, 0.6) is 0 Å². The Hall–Kier alpha value is -3.70. The molecule has 3 aromatic heterocycles. The molecule has 3 heterocycles. The summed E-state index contributed by atoms with van der Waals surface area (Å²) in [6.45, 7) is -0.312. The van der Waals surface area contributed by atoms with E-state index in [-0.39, 0.29) is 18.2 Å². The minimum absolute atomic E-state index is 0.0153. The zero-order valence-electron chi connectivity index (χ0n) is 18.4. The Bertz CT molecular complexity index is 1380. The number of pyridine rings is 2. The second-order valence-electron chi connectivity index (χ2n) is 7.35. The number of aromatic nitrogens is 3. The zero-order valence-corrected chi connectivity index (χ0v) is 19.3. The lowest BCUT2D eigenvalue weighted by Crippen LogP contribution is -2.38. The monoisotopic (exact) mass is 504 g/mol. The van der Waals surface area contributed by atoms with Gasteiger partial charge in [0.25, 0.3) is 5.82 Å². The van der Waals surface area contributed by atoms with Crippen molar-refractivity contribution < 1.29 is 36.4 Å². The summed E-state index contributed by atoms with van der Waals surface area (Å²) in [5, 5.41) is 6.80. The molecule has 4 aromatic rings. The van der Waals surface area contributed by atoms with Crippen molar-refractivity contribution in [3.63, 3.8) is 0 Å². The summed E-state index contributed by atoms with van der Waals surface area (Å²) in [6.07, 6.45) is 3.55. The average molecular weight is 504 g/mol. The number of hydrogen-bond acceptors (Lipinski definition) is 8. The van der Waals surface area contributed by atoms with Crippen molar-refractivity contribution in [1.29, 1.82) is 0 Å². The fourth-order valence-electron chi connectivity index (χ4n) is 3.14. The standard InChI is InChI=1S/C22H20F2N5O5P/c1-32-35(30,31)33-13-29-8-2-3-17(22(29)25)20-11-16(28-34-20)9-14-4-7-21(26-12-14)27-19-10-15(23)5-6-18(19)24/h2-8,10-12,25H,9,13H2,1H3,(H2,26,27,30,31)/p+1. The molecular weight excluding hydrogens is 483 g/mol. The lowest BCUT2D eigenvalue weighted by atomic mass is 10.1. The molecule has 0 aliphatic carbocycles. The number of benzene rings is 1. The molecule has 10 nitrogen and oxygen atoms in total. The van der Waals surface area contributed by atoms with Crippen molar-refractivity contribution in [3.05, 3.63) is 83.8 Å². The van der Waals surface area contributed by atoms with Crippen LogP contribution in [0.2, 0.25) is 0 Å². The quantitative estimate of drug-likeness (QED) is 0.229. The molecule has 4 N–H and O–H groups in total. The molecule has 4 rings (SSSR count). The van der Waals surface area contributed by atoms with Crippen LogP contribution in [-0.4, -0.2) is 22.1 Å². The molecule has 0 saturated heterocycles. The van der Waals surface area contributed by atoms with Crippen LogP contribution in [0.1, 0.15) is 11.3 Å². The Morgan fingerprint density at radius 3 is 2.80 bits per heavy atom. The normalized spacial score (nSPS) is 12.9. The first-order chi connectivity index (χ1) is 16.7. The Balaban J connectivity index is 1.44. The van der Waals surface area contributed by atoms with E-state index >= 15 is 0 Å². The van der Waals surface area contributed by atoms with Crippen LogP contribution in [-0.2, 0) is 26.8 Å². The summed E-state index contributed by atoms with van der Waals surface area (Å²) in [5.41, 5.74) is 8.06. The van der Waals surface area contributed by atoms with Gasteiger partial charge in [0.2, 0.25) is 6.73 Å². The summed E-state index contributed by atoms with van der Waals surface area (Å²) in [5.74, 6) is -0.187. The highest BCUT2D eigenvalue weighted by atomic mass is 31.2. The predicted octanol–water partition coefficient (Wildman–Crippen LogP) is 3.94. The van der Waals surface area contributed by atoms with Crippen molar-refractivity contribution in [2.75, 3.05) is 18.2 Å². The number of halogens is 2. The minimum atomic E-state index is -4.17. The van der Waals surface area contributed by atoms with Gasteiger partial charge in [-0.1, -0.05) is 11.2 Å². The van der Waals surface area contributed by atoms with Crippen LogP contribution in [0.15, 0.2) is 65.4 Å². The first-order valence-electron chi connectivity index (χ1n) is 10.2. The van der Waals surface area contributed by atoms with Crippen LogP contribution in [0.4, 0.5) is 26.1 Å². The van der Waals surface area contributed by atoms with Crippen molar-refractivity contribution in [3.8, 4) is 11.3 Å². The maximum Gasteiger partial charge on any atom is 0.475 e. The van der Waals surface area contributed by atoms with Gasteiger partial charge in [-0.25, -0.2) is 27.4 Å². The number of nitrogens with one attached hydrogen (secondary N) is 1. The molecule has 35 heavy (non-hydrogen) atoms. The van der Waals surface area contributed by atoms with Gasteiger partial charge in [0, 0.05) is 31.9 Å². The molecule has 1 atom stereocenters. The van der Waals surface area contributed by atoms with E-state index in [0.29, 0.717) is 29.3 Å². The molecule has 0 aliphatic heterocycles. The number of nitrogens with two attached hydrogens (primary N) is 1. The minimum Gasteiger partial charge on any atom is -0.356 e. The Kier molecular flexibility index (Phi) is 7.17. The first-order valence-corrected chi connectivity index (χ1v) is 11.7. The molecule has 182 valence electrons. The third-order valence-corrected chi connectivity index (χ3v) is 5.83. The number of phosphoric ester groups is 1. The molecule has 1 unspecified atom stereocenters. The number of anilines is 3. The highest BCUT2D eigenvalue weighted by Crippen LogP contribution is 2.41. The van der Waals surface area contributed by atoms with E-state index < -0.39 is 19.5 Å². The van der Waals surface area contributed by atoms with Gasteiger partial charge in [-0.3, -0.25) is 10.3 Å². The third kappa shape index (κ3) is 6.06. The summed E-state index contributed by atoms with van der Waals surface area (Å²) in [7, 11) is -3.11. The number of nitrogens with zero attached hydrogens (tertiary/aromatic N) is 3. The van der Waals surface area contributed by atoms with Crippen LogP contribution in [0.25, 0.3) is 11.3 Å². The van der Waals surface area contributed by atoms with Crippen LogP contribution in [0.3, 0.4) is 0 Å². The maximum atomic E-state index is 13.8. The van der Waals surface area contributed by atoms with Gasteiger partial charge in [0.05, 0.1) is 17.6 Å². The van der Waals surface area contributed by atoms with Crippen LogP contribution in [0, 0.1) is 11.6 Å². The van der Waals surface area contributed by atoms with Crippen LogP contribution >= 0.6 is 7.82 Å². The van der Waals surface area contributed by atoms with Crippen molar-refractivity contribution in [2.24, 2.45) is 0 Å². The second-order valence-corrected chi connectivity index (χ2v) is 8.91. The highest BCUT2D eigenvalue weighted by Gasteiger charge is 2.22. The lowest BCUT2D eigenvalue weighted by Gasteiger charge is -2.09. The Labute approximate surface area is 198 Å². The van der Waals surface area contributed by atoms with Gasteiger partial charge in [-0.05, 0) is 35.9 Å². The number of nitrogen functional groups attached to an aromatic ring is 1. The molecular formula is C22H21F2N5O5P+. The molecule has 0 fully saturated rings. The topological polar surface area (TPSA) is 137 Å². The SMILES string of the molecule is COP(=O)(O)OC[n+]1cccc(-c2cc(Cc3ccc(Nc4cc(F)ccc4F)nc3)no2)c1N. The molecule has 0 amide bonds. The van der Waals surface area contributed by atoms with Gasteiger partial charge in [0.15, 0.2) is 5.76 Å². The highest BCUT2D eigenvalue weighted by molar-refractivity contribution is 7.47. The van der Waals surface area contributed by atoms with E-state index in [2.05, 4.69) is 20.0 Å². The van der Waals surface area contributed by atoms with E-state index in [4.69, 9.17) is 14.8 Å². The summed E-state index contributed by atoms with van der Waals surface area (Å²) >= 11 is 0. The van der Waals surface area contributed by atoms with Gasteiger partial charge >= 0.3 is 7.82 Å². The van der Waals surface area contributed by atoms with E-state index in [1.807, 2.05) is 0 Å². The smallest absolute Gasteiger partial charge is 0.356 e. The molecule has 1 aromatic carbocycles. The molecule has 0 aliphatic rings. The van der Waals surface area contributed by atoms with Gasteiger partial charge < -0.3 is 14.7 Å². The summed E-state index contributed by atoms with van der Waals surface area (Å²) in [6, 6.07) is 11.6.